The summed E-state index contributed by atoms with van der Waals surface area (Å²) >= 11 is 5.98. The van der Waals surface area contributed by atoms with Crippen LogP contribution in [0.5, 0.6) is 0 Å². The Kier molecular flexibility index (Phi) is 3.59. The third-order valence-corrected chi connectivity index (χ3v) is 3.81. The van der Waals surface area contributed by atoms with E-state index in [1.54, 1.807) is 6.07 Å². The van der Waals surface area contributed by atoms with Crippen LogP contribution < -0.4 is 5.73 Å². The molecule has 4 nitrogen and oxygen atoms in total. The quantitative estimate of drug-likeness (QED) is 0.682. The van der Waals surface area contributed by atoms with Gasteiger partial charge in [-0.15, -0.1) is 0 Å². The van der Waals surface area contributed by atoms with Crippen LogP contribution in [0.1, 0.15) is 22.6 Å². The molecule has 3 rings (SSSR count). The first-order valence-corrected chi connectivity index (χ1v) is 7.08. The molecule has 1 aliphatic heterocycles. The van der Waals surface area contributed by atoms with Crippen molar-refractivity contribution in [3.8, 4) is 0 Å². The summed E-state index contributed by atoms with van der Waals surface area (Å²) in [6.07, 6.45) is 0.974. The van der Waals surface area contributed by atoms with Gasteiger partial charge in [0.1, 0.15) is 11.0 Å². The Morgan fingerprint density at radius 2 is 2.20 bits per heavy atom. The molecule has 1 aromatic heterocycles. The van der Waals surface area contributed by atoms with Crippen molar-refractivity contribution in [2.75, 3.05) is 12.3 Å². The number of benzene rings is 1. The van der Waals surface area contributed by atoms with Crippen LogP contribution >= 0.6 is 11.6 Å². The predicted molar refractivity (Wildman–Crippen MR) is 80.5 cm³/mol. The molecule has 0 fully saturated rings. The number of hydrogen-bond donors (Lipinski definition) is 1. The molecule has 0 atom stereocenters. The Hall–Kier alpha value is -1.65. The minimum Gasteiger partial charge on any atom is -0.398 e. The number of aromatic nitrogens is 2. The molecule has 0 bridgehead atoms. The van der Waals surface area contributed by atoms with Crippen LogP contribution in [-0.4, -0.2) is 21.4 Å². The van der Waals surface area contributed by atoms with Crippen LogP contribution in [0.3, 0.4) is 0 Å². The van der Waals surface area contributed by atoms with E-state index in [1.807, 2.05) is 19.1 Å². The highest BCUT2D eigenvalue weighted by atomic mass is 35.5. The lowest BCUT2D eigenvalue weighted by Crippen LogP contribution is -2.31. The van der Waals surface area contributed by atoms with Crippen molar-refractivity contribution in [1.29, 1.82) is 0 Å². The summed E-state index contributed by atoms with van der Waals surface area (Å²) in [5.41, 5.74) is 10.4. The second-order valence-corrected chi connectivity index (χ2v) is 5.58. The lowest BCUT2D eigenvalue weighted by atomic mass is 9.98. The summed E-state index contributed by atoms with van der Waals surface area (Å²) in [7, 11) is 0. The first-order valence-electron chi connectivity index (χ1n) is 6.70. The molecule has 0 amide bonds. The Labute approximate surface area is 123 Å². The number of nitrogens with zero attached hydrogens (tertiary/aromatic N) is 3. The van der Waals surface area contributed by atoms with Gasteiger partial charge in [0.15, 0.2) is 0 Å². The molecule has 2 aromatic rings. The number of nitrogens with two attached hydrogens (primary N) is 1. The summed E-state index contributed by atoms with van der Waals surface area (Å²) < 4.78 is 0. The van der Waals surface area contributed by atoms with Crippen molar-refractivity contribution in [2.24, 2.45) is 0 Å². The predicted octanol–water partition coefficient (Wildman–Crippen LogP) is 2.58. The summed E-state index contributed by atoms with van der Waals surface area (Å²) in [5, 5.41) is 0.508. The van der Waals surface area contributed by atoms with Crippen molar-refractivity contribution in [3.63, 3.8) is 0 Å². The van der Waals surface area contributed by atoms with Gasteiger partial charge >= 0.3 is 0 Å². The molecular formula is C15H17ClN4. The fourth-order valence-electron chi connectivity index (χ4n) is 2.69. The number of anilines is 1. The number of halogens is 1. The lowest BCUT2D eigenvalue weighted by molar-refractivity contribution is 0.239. The van der Waals surface area contributed by atoms with Crippen molar-refractivity contribution in [2.45, 2.75) is 26.4 Å². The molecule has 0 spiro atoms. The van der Waals surface area contributed by atoms with Crippen LogP contribution in [0.25, 0.3) is 0 Å². The number of rotatable bonds is 2. The van der Waals surface area contributed by atoms with Crippen molar-refractivity contribution >= 4 is 17.3 Å². The zero-order chi connectivity index (χ0) is 14.1. The minimum absolute atomic E-state index is 0.508. The molecule has 2 heterocycles. The van der Waals surface area contributed by atoms with Crippen LogP contribution in [0, 0.1) is 6.92 Å². The van der Waals surface area contributed by atoms with E-state index in [0.717, 1.165) is 43.3 Å². The van der Waals surface area contributed by atoms with E-state index >= 15 is 0 Å². The highest BCUT2D eigenvalue weighted by Crippen LogP contribution is 2.24. The van der Waals surface area contributed by atoms with Gasteiger partial charge in [0, 0.05) is 24.5 Å². The number of fused-ring (bicyclic) bond motifs is 1. The monoisotopic (exact) mass is 288 g/mol. The third kappa shape index (κ3) is 2.76. The Bertz CT molecular complexity index is 622. The average Bonchev–Trinajstić information content (AvgIpc) is 2.37. The second kappa shape index (κ2) is 5.38. The maximum Gasteiger partial charge on any atom is 0.144 e. The molecular weight excluding hydrogens is 272 g/mol. The zero-order valence-corrected chi connectivity index (χ0v) is 12.2. The highest BCUT2D eigenvalue weighted by Gasteiger charge is 2.18. The molecule has 0 radical (unpaired) electrons. The molecule has 2 N–H and O–H groups in total. The summed E-state index contributed by atoms with van der Waals surface area (Å²) in [6, 6.07) is 7.90. The molecule has 1 aliphatic rings. The Morgan fingerprint density at radius 1 is 1.35 bits per heavy atom. The molecule has 1 aromatic carbocycles. The fraction of sp³-hybridized carbons (Fsp3) is 0.333. The van der Waals surface area contributed by atoms with E-state index in [4.69, 9.17) is 17.3 Å². The van der Waals surface area contributed by atoms with Gasteiger partial charge in [-0.1, -0.05) is 23.7 Å². The fourth-order valence-corrected chi connectivity index (χ4v) is 2.95. The van der Waals surface area contributed by atoms with Crippen molar-refractivity contribution in [3.05, 3.63) is 52.1 Å². The van der Waals surface area contributed by atoms with Crippen LogP contribution in [0.15, 0.2) is 24.3 Å². The van der Waals surface area contributed by atoms with Gasteiger partial charge in [-0.25, -0.2) is 9.97 Å². The Balaban J connectivity index is 1.77. The van der Waals surface area contributed by atoms with Gasteiger partial charge < -0.3 is 5.73 Å². The largest absolute Gasteiger partial charge is 0.398 e. The Morgan fingerprint density at radius 3 is 3.00 bits per heavy atom. The number of aryl methyl sites for hydroxylation is 1. The van der Waals surface area contributed by atoms with Crippen LogP contribution in [-0.2, 0) is 19.5 Å². The molecule has 0 saturated carbocycles. The second-order valence-electron chi connectivity index (χ2n) is 5.19. The molecule has 5 heteroatoms. The van der Waals surface area contributed by atoms with Gasteiger partial charge in [-0.05, 0) is 36.6 Å². The van der Waals surface area contributed by atoms with E-state index in [9.17, 15) is 0 Å². The third-order valence-electron chi connectivity index (χ3n) is 3.62. The van der Waals surface area contributed by atoms with E-state index in [0.29, 0.717) is 5.15 Å². The summed E-state index contributed by atoms with van der Waals surface area (Å²) in [4.78, 5) is 11.1. The SMILES string of the molecule is Cc1cc(Cl)nc(CN2CCc3c(N)cccc3C2)n1. The van der Waals surface area contributed by atoms with Gasteiger partial charge in [-0.3, -0.25) is 4.90 Å². The molecule has 0 saturated heterocycles. The minimum atomic E-state index is 0.508. The molecule has 0 aliphatic carbocycles. The molecule has 0 unspecified atom stereocenters. The molecule has 20 heavy (non-hydrogen) atoms. The maximum absolute atomic E-state index is 6.02. The average molecular weight is 289 g/mol. The number of hydrogen-bond acceptors (Lipinski definition) is 4. The van der Waals surface area contributed by atoms with E-state index in [-0.39, 0.29) is 0 Å². The van der Waals surface area contributed by atoms with Crippen molar-refractivity contribution in [1.82, 2.24) is 14.9 Å². The van der Waals surface area contributed by atoms with Crippen LogP contribution in [0.4, 0.5) is 5.69 Å². The lowest BCUT2D eigenvalue weighted by Gasteiger charge is -2.28. The van der Waals surface area contributed by atoms with Gasteiger partial charge in [0.2, 0.25) is 0 Å². The topological polar surface area (TPSA) is 55.0 Å². The first kappa shape index (κ1) is 13.3. The van der Waals surface area contributed by atoms with Crippen LogP contribution in [0.2, 0.25) is 5.15 Å². The van der Waals surface area contributed by atoms with Gasteiger partial charge in [0.05, 0.1) is 6.54 Å². The van der Waals surface area contributed by atoms with Crippen molar-refractivity contribution < 1.29 is 0 Å². The van der Waals surface area contributed by atoms with Gasteiger partial charge in [-0.2, -0.15) is 0 Å². The smallest absolute Gasteiger partial charge is 0.144 e. The zero-order valence-electron chi connectivity index (χ0n) is 11.4. The van der Waals surface area contributed by atoms with Gasteiger partial charge in [0.25, 0.3) is 0 Å². The molecule has 104 valence electrons. The highest BCUT2D eigenvalue weighted by molar-refractivity contribution is 6.29. The standard InChI is InChI=1S/C15H17ClN4/c1-10-7-14(16)19-15(18-10)9-20-6-5-12-11(8-20)3-2-4-13(12)17/h2-4,7H,5-6,8-9,17H2,1H3. The normalized spacial score (nSPS) is 15.1. The van der Waals surface area contributed by atoms with E-state index in [2.05, 4.69) is 20.9 Å². The summed E-state index contributed by atoms with van der Waals surface area (Å²) in [6.45, 7) is 4.50. The number of nitrogen functional groups attached to an aromatic ring is 1. The van der Waals surface area contributed by atoms with E-state index in [1.165, 1.54) is 11.1 Å². The first-order chi connectivity index (χ1) is 9.61. The maximum atomic E-state index is 6.02. The van der Waals surface area contributed by atoms with E-state index < -0.39 is 0 Å². The summed E-state index contributed by atoms with van der Waals surface area (Å²) in [5.74, 6) is 0.780.